The minimum absolute atomic E-state index is 0.0649. The van der Waals surface area contributed by atoms with E-state index >= 15 is 0 Å². The van der Waals surface area contributed by atoms with Gasteiger partial charge in [-0.15, -0.1) is 0 Å². The van der Waals surface area contributed by atoms with Crippen molar-refractivity contribution >= 4 is 11.8 Å². The number of hydrogen-bond acceptors (Lipinski definition) is 27. The zero-order valence-electron chi connectivity index (χ0n) is 46.3. The highest BCUT2D eigenvalue weighted by Crippen LogP contribution is 2.74. The molecule has 2 saturated carbocycles. The number of esters is 1. The molecule has 6 aliphatic heterocycles. The summed E-state index contributed by atoms with van der Waals surface area (Å²) in [7, 11) is 0. The first-order valence-corrected chi connectivity index (χ1v) is 28.4. The lowest BCUT2D eigenvalue weighted by Crippen LogP contribution is -2.66. The number of hydrogen-bond donors (Lipinski definition) is 14. The van der Waals surface area contributed by atoms with Gasteiger partial charge in [-0.05, 0) is 63.7 Å². The van der Waals surface area contributed by atoms with E-state index in [1.54, 1.807) is 0 Å². The van der Waals surface area contributed by atoms with Gasteiger partial charge in [0.1, 0.15) is 115 Å². The second kappa shape index (κ2) is 22.9. The van der Waals surface area contributed by atoms with Gasteiger partial charge >= 0.3 is 5.97 Å². The Kier molecular flexibility index (Phi) is 17.5. The molecule has 8 fully saturated rings. The number of aliphatic hydroxyl groups is 14. The summed E-state index contributed by atoms with van der Waals surface area (Å²) in [5, 5.41) is 153. The minimum Gasteiger partial charge on any atom is -0.458 e. The van der Waals surface area contributed by atoms with Crippen LogP contribution in [0.2, 0.25) is 0 Å². The van der Waals surface area contributed by atoms with Crippen LogP contribution < -0.4 is 0 Å². The zero-order chi connectivity index (χ0) is 58.8. The van der Waals surface area contributed by atoms with Crippen LogP contribution in [0.5, 0.6) is 0 Å². The summed E-state index contributed by atoms with van der Waals surface area (Å²) in [6, 6.07) is 0. The fourth-order valence-corrected chi connectivity index (χ4v) is 16.1. The summed E-state index contributed by atoms with van der Waals surface area (Å²) in [6.45, 7) is 8.02. The van der Waals surface area contributed by atoms with Gasteiger partial charge in [-0.2, -0.15) is 0 Å². The first-order valence-electron chi connectivity index (χ1n) is 28.4. The van der Waals surface area contributed by atoms with Crippen molar-refractivity contribution in [2.45, 2.75) is 246 Å². The van der Waals surface area contributed by atoms with Crippen molar-refractivity contribution in [1.29, 1.82) is 0 Å². The number of ketones is 1. The van der Waals surface area contributed by atoms with Crippen LogP contribution in [-0.2, 0) is 61.7 Å². The summed E-state index contributed by atoms with van der Waals surface area (Å²) >= 11 is 0. The summed E-state index contributed by atoms with van der Waals surface area (Å²) < 4.78 is 66.3. The van der Waals surface area contributed by atoms with Crippen LogP contribution >= 0.6 is 0 Å². The number of carbonyl (C=O) groups excluding carboxylic acids is 2. The molecule has 14 N–H and O–H groups in total. The van der Waals surface area contributed by atoms with Crippen LogP contribution in [0.4, 0.5) is 0 Å². The molecule has 4 aliphatic carbocycles. The van der Waals surface area contributed by atoms with E-state index in [1.807, 2.05) is 20.8 Å². The molecule has 6 saturated heterocycles. The molecule has 0 aromatic carbocycles. The highest BCUT2D eigenvalue weighted by Gasteiger charge is 2.76. The summed E-state index contributed by atoms with van der Waals surface area (Å²) in [6.07, 6.45) is -36.4. The van der Waals surface area contributed by atoms with E-state index in [0.717, 1.165) is 5.57 Å². The SMILES string of the molecule is C[C@@H]1CC(=O)O[C@@]12CC(=O)[C@@]1(C)C3=C(CC[C@@]12C)[C@@]1(C)CC[C@H](O[C@@H]2O[C@H](CO[C@@H]4O[C@H](CO)[C@@H](O)[C@@H]4O[C@@H]4O[C@H](CO)[C@@H](O)[C@H](O[C@H]5O[C@H](C)[C@@H](O)[C@H](O)[C@@H]5O)[C@H]4O[C@@H]4O[C@H](CO)[C@@H](O)[C@@H]4O)[C@@H](O)[C@H](O)[C@H]2O)[C@](C)(CO)[C@@H]1CC3. The lowest BCUT2D eigenvalue weighted by molar-refractivity contribution is -0.385. The van der Waals surface area contributed by atoms with Crippen LogP contribution in [0.15, 0.2) is 11.1 Å². The Morgan fingerprint density at radius 1 is 0.531 bits per heavy atom. The molecule has 462 valence electrons. The van der Waals surface area contributed by atoms with E-state index in [0.29, 0.717) is 38.5 Å². The number of carbonyl (C=O) groups is 2. The predicted octanol–water partition coefficient (Wildman–Crippen LogP) is -4.62. The monoisotopic (exact) mass is 1160 g/mol. The van der Waals surface area contributed by atoms with Gasteiger partial charge in [0.15, 0.2) is 31.5 Å². The Balaban J connectivity index is 0.860. The van der Waals surface area contributed by atoms with Crippen LogP contribution in [0, 0.1) is 33.5 Å². The largest absolute Gasteiger partial charge is 0.458 e. The highest BCUT2D eigenvalue weighted by molar-refractivity contribution is 5.94. The third-order valence-corrected chi connectivity index (χ3v) is 21.2. The van der Waals surface area contributed by atoms with Crippen molar-refractivity contribution < 1.29 is 133 Å². The lowest BCUT2D eigenvalue weighted by Gasteiger charge is -2.63. The standard InChI is InChI=1S/C54H84O27/c1-20-13-31(60)81-54(20)14-29(59)53(6)23-7-8-28-50(3,22(23)9-12-52(53,54)5)11-10-30(51(28,4)19-58)77-46-41(70)38(67)34(63)27(76-46)18-71-48-43(36(65)26(17-57)74-48)79-49-44(80-47-39(68)33(62)24(15-55)73-47)42(35(64)25(16-56)75-49)78-45-40(69)37(66)32(61)21(2)72-45/h20-21,24-28,30,32-49,55-58,61-70H,7-19H2,1-6H3/t20-,21-,24-,25-,26-,27-,28-,30+,32-,33-,34-,35-,36-,37+,38+,39+,40+,41-,42+,43+,44-,45-,46+,47+,48-,49+,50-,51-,52+,53-,54+/m1/s1. The Hall–Kier alpha value is -2.08. The third kappa shape index (κ3) is 9.72. The molecule has 31 atom stereocenters. The Bertz CT molecular complexity index is 2310. The van der Waals surface area contributed by atoms with Gasteiger partial charge < -0.3 is 124 Å². The van der Waals surface area contributed by atoms with Gasteiger partial charge in [0.25, 0.3) is 0 Å². The molecule has 27 heteroatoms. The molecule has 0 bridgehead atoms. The van der Waals surface area contributed by atoms with E-state index < -0.39 is 201 Å². The minimum atomic E-state index is -1.94. The van der Waals surface area contributed by atoms with Crippen molar-refractivity contribution in [3.8, 4) is 0 Å². The summed E-state index contributed by atoms with van der Waals surface area (Å²) in [5.74, 6) is -0.546. The highest BCUT2D eigenvalue weighted by atomic mass is 16.8. The van der Waals surface area contributed by atoms with E-state index in [1.165, 1.54) is 12.5 Å². The lowest BCUT2D eigenvalue weighted by atomic mass is 9.42. The molecule has 81 heavy (non-hydrogen) atoms. The Morgan fingerprint density at radius 2 is 1.06 bits per heavy atom. The number of ether oxygens (including phenoxy) is 11. The fraction of sp³-hybridized carbons (Fsp3) is 0.926. The average Bonchev–Trinajstić information content (AvgIpc) is 4.27. The van der Waals surface area contributed by atoms with E-state index in [9.17, 15) is 81.1 Å². The average molecular weight is 1170 g/mol. The quantitative estimate of drug-likeness (QED) is 0.0542. The molecule has 0 aromatic rings. The molecule has 0 radical (unpaired) electrons. The molecule has 0 aromatic heterocycles. The van der Waals surface area contributed by atoms with E-state index in [2.05, 4.69) is 13.8 Å². The second-order valence-corrected chi connectivity index (χ2v) is 25.3. The van der Waals surface area contributed by atoms with Gasteiger partial charge in [-0.1, -0.05) is 38.8 Å². The van der Waals surface area contributed by atoms with Gasteiger partial charge in [0.05, 0.1) is 57.1 Å². The Morgan fingerprint density at radius 3 is 1.68 bits per heavy atom. The summed E-state index contributed by atoms with van der Waals surface area (Å²) in [4.78, 5) is 27.2. The third-order valence-electron chi connectivity index (χ3n) is 21.2. The van der Waals surface area contributed by atoms with Gasteiger partial charge in [0, 0.05) is 23.2 Å². The normalized spacial score (nSPS) is 54.6. The van der Waals surface area contributed by atoms with Crippen molar-refractivity contribution in [3.05, 3.63) is 11.1 Å². The second-order valence-electron chi connectivity index (χ2n) is 25.3. The molecule has 0 amide bonds. The van der Waals surface area contributed by atoms with Crippen molar-refractivity contribution in [3.63, 3.8) is 0 Å². The molecular formula is C54H84O27. The van der Waals surface area contributed by atoms with Gasteiger partial charge in [0.2, 0.25) is 0 Å². The van der Waals surface area contributed by atoms with Gasteiger partial charge in [-0.3, -0.25) is 9.59 Å². The molecule has 1 spiro atoms. The van der Waals surface area contributed by atoms with Gasteiger partial charge in [-0.25, -0.2) is 0 Å². The molecular weight excluding hydrogens is 1080 g/mol. The topological polar surface area (TPSA) is 419 Å². The number of allylic oxidation sites excluding steroid dienone is 2. The number of rotatable bonds is 15. The zero-order valence-corrected chi connectivity index (χ0v) is 46.3. The van der Waals surface area contributed by atoms with Crippen molar-refractivity contribution in [1.82, 2.24) is 0 Å². The van der Waals surface area contributed by atoms with Crippen molar-refractivity contribution in [2.24, 2.45) is 33.5 Å². The number of aliphatic hydroxyl groups excluding tert-OH is 14. The fourth-order valence-electron chi connectivity index (χ4n) is 16.1. The predicted molar refractivity (Wildman–Crippen MR) is 266 cm³/mol. The van der Waals surface area contributed by atoms with E-state index in [4.69, 9.17) is 52.1 Å². The maximum atomic E-state index is 14.4. The van der Waals surface area contributed by atoms with Crippen LogP contribution in [0.3, 0.4) is 0 Å². The smallest absolute Gasteiger partial charge is 0.306 e. The van der Waals surface area contributed by atoms with E-state index in [-0.39, 0.29) is 43.0 Å². The molecule has 0 unspecified atom stereocenters. The van der Waals surface area contributed by atoms with Crippen LogP contribution in [0.1, 0.15) is 92.9 Å². The van der Waals surface area contributed by atoms with Crippen molar-refractivity contribution in [2.75, 3.05) is 33.0 Å². The Labute approximate surface area is 467 Å². The molecule has 6 heterocycles. The molecule has 27 nitrogen and oxygen atoms in total. The number of fused-ring (bicyclic) bond motifs is 5. The first kappa shape index (κ1) is 62.0. The van der Waals surface area contributed by atoms with Crippen LogP contribution in [0.25, 0.3) is 0 Å². The number of Topliss-reactive ketones (excluding diaryl/α,β-unsaturated/α-hetero) is 1. The molecule has 10 aliphatic rings. The maximum absolute atomic E-state index is 14.4. The summed E-state index contributed by atoms with van der Waals surface area (Å²) in [5.41, 5.74) is -1.59. The maximum Gasteiger partial charge on any atom is 0.306 e. The first-order chi connectivity index (χ1) is 38.2. The van der Waals surface area contributed by atoms with Crippen LogP contribution in [-0.4, -0.2) is 269 Å². The molecule has 10 rings (SSSR count).